The number of pyridine rings is 1. The van der Waals surface area contributed by atoms with Crippen LogP contribution in [0.4, 0.5) is 0 Å². The molecule has 2 aromatic rings. The molecule has 0 unspecified atom stereocenters. The fourth-order valence-corrected chi connectivity index (χ4v) is 2.32. The Morgan fingerprint density at radius 3 is 2.46 bits per heavy atom. The molecule has 2 N–H and O–H groups in total. The summed E-state index contributed by atoms with van der Waals surface area (Å²) in [5, 5.41) is 11.8. The van der Waals surface area contributed by atoms with Crippen molar-refractivity contribution in [3.63, 3.8) is 0 Å². The fourth-order valence-electron chi connectivity index (χ4n) is 2.32. The molecule has 0 radical (unpaired) electrons. The lowest BCUT2D eigenvalue weighted by Gasteiger charge is -2.19. The first-order chi connectivity index (χ1) is 12.2. The number of benzene rings is 1. The first-order valence-corrected chi connectivity index (χ1v) is 8.36. The lowest BCUT2D eigenvalue weighted by molar-refractivity contribution is -0.0149. The number of aromatic nitrogens is 1. The molecule has 0 aliphatic carbocycles. The summed E-state index contributed by atoms with van der Waals surface area (Å²) in [5.74, 6) is -1.40. The maximum absolute atomic E-state index is 12.2. The van der Waals surface area contributed by atoms with E-state index in [2.05, 4.69) is 10.3 Å². The van der Waals surface area contributed by atoms with E-state index in [4.69, 9.17) is 9.84 Å². The molecule has 0 spiro atoms. The number of aryl methyl sites for hydroxylation is 1. The van der Waals surface area contributed by atoms with Crippen LogP contribution in [0.25, 0.3) is 0 Å². The summed E-state index contributed by atoms with van der Waals surface area (Å²) in [7, 11) is 0. The SMILES string of the molecule is Cc1nc(C(=O)NCc2cccc(COC(C)(C)C)c2)ccc1C(=O)O. The van der Waals surface area contributed by atoms with Gasteiger partial charge < -0.3 is 15.2 Å². The maximum atomic E-state index is 12.2. The van der Waals surface area contributed by atoms with Crippen LogP contribution in [0.5, 0.6) is 0 Å². The molecule has 2 rings (SSSR count). The van der Waals surface area contributed by atoms with Crippen molar-refractivity contribution < 1.29 is 19.4 Å². The number of carbonyl (C=O) groups excluding carboxylic acids is 1. The molecule has 1 aromatic heterocycles. The highest BCUT2D eigenvalue weighted by Gasteiger charge is 2.13. The Kier molecular flexibility index (Phi) is 6.10. The van der Waals surface area contributed by atoms with E-state index in [0.717, 1.165) is 11.1 Å². The Balaban J connectivity index is 1.99. The zero-order valence-corrected chi connectivity index (χ0v) is 15.5. The Labute approximate surface area is 153 Å². The Bertz CT molecular complexity index is 810. The van der Waals surface area contributed by atoms with E-state index in [1.54, 1.807) is 6.92 Å². The van der Waals surface area contributed by atoms with Gasteiger partial charge in [-0.2, -0.15) is 0 Å². The summed E-state index contributed by atoms with van der Waals surface area (Å²) in [6, 6.07) is 10.6. The van der Waals surface area contributed by atoms with Crippen molar-refractivity contribution in [2.45, 2.75) is 46.4 Å². The van der Waals surface area contributed by atoms with Gasteiger partial charge in [0, 0.05) is 6.54 Å². The lowest BCUT2D eigenvalue weighted by atomic mass is 10.1. The Morgan fingerprint density at radius 1 is 1.15 bits per heavy atom. The third kappa shape index (κ3) is 5.67. The van der Waals surface area contributed by atoms with Gasteiger partial charge in [0.15, 0.2) is 0 Å². The number of ether oxygens (including phenoxy) is 1. The Morgan fingerprint density at radius 2 is 1.85 bits per heavy atom. The van der Waals surface area contributed by atoms with Crippen molar-refractivity contribution in [1.29, 1.82) is 0 Å². The smallest absolute Gasteiger partial charge is 0.337 e. The van der Waals surface area contributed by atoms with Gasteiger partial charge in [-0.25, -0.2) is 9.78 Å². The summed E-state index contributed by atoms with van der Waals surface area (Å²) in [6.07, 6.45) is 0. The predicted molar refractivity (Wildman–Crippen MR) is 98.1 cm³/mol. The normalized spacial score (nSPS) is 11.2. The van der Waals surface area contributed by atoms with Gasteiger partial charge in [0.25, 0.3) is 5.91 Å². The third-order valence-electron chi connectivity index (χ3n) is 3.67. The molecule has 1 aromatic carbocycles. The van der Waals surface area contributed by atoms with E-state index >= 15 is 0 Å². The van der Waals surface area contributed by atoms with Gasteiger partial charge in [-0.3, -0.25) is 4.79 Å². The minimum Gasteiger partial charge on any atom is -0.478 e. The van der Waals surface area contributed by atoms with Crippen molar-refractivity contribution in [3.8, 4) is 0 Å². The molecule has 0 saturated carbocycles. The first-order valence-electron chi connectivity index (χ1n) is 8.36. The number of nitrogens with zero attached hydrogens (tertiary/aromatic N) is 1. The average molecular weight is 356 g/mol. The lowest BCUT2D eigenvalue weighted by Crippen LogP contribution is -2.24. The predicted octanol–water partition coefficient (Wildman–Crippen LogP) is 3.33. The van der Waals surface area contributed by atoms with Gasteiger partial charge in [0.2, 0.25) is 0 Å². The van der Waals surface area contributed by atoms with Crippen LogP contribution in [-0.2, 0) is 17.9 Å². The van der Waals surface area contributed by atoms with E-state index in [0.29, 0.717) is 18.8 Å². The van der Waals surface area contributed by atoms with Gasteiger partial charge in [-0.1, -0.05) is 24.3 Å². The number of hydrogen-bond donors (Lipinski definition) is 2. The van der Waals surface area contributed by atoms with Crippen LogP contribution in [0.1, 0.15) is 58.4 Å². The second-order valence-corrected chi connectivity index (χ2v) is 7.04. The minimum atomic E-state index is -1.06. The quantitative estimate of drug-likeness (QED) is 0.829. The molecule has 1 amide bonds. The Hall–Kier alpha value is -2.73. The molecule has 0 fully saturated rings. The standard InChI is InChI=1S/C20H24N2O4/c1-13-16(19(24)25)8-9-17(22-13)18(23)21-11-14-6-5-7-15(10-14)12-26-20(2,3)4/h5-10H,11-12H2,1-4H3,(H,21,23)(H,24,25). The van der Waals surface area contributed by atoms with Crippen LogP contribution in [0.2, 0.25) is 0 Å². The topological polar surface area (TPSA) is 88.5 Å². The zero-order chi connectivity index (χ0) is 19.3. The van der Waals surface area contributed by atoms with Crippen LogP contribution < -0.4 is 5.32 Å². The zero-order valence-electron chi connectivity index (χ0n) is 15.5. The first kappa shape index (κ1) is 19.6. The van der Waals surface area contributed by atoms with Gasteiger partial charge in [0.1, 0.15) is 5.69 Å². The molecule has 6 heteroatoms. The van der Waals surface area contributed by atoms with Crippen molar-refractivity contribution in [3.05, 3.63) is 64.5 Å². The highest BCUT2D eigenvalue weighted by atomic mass is 16.5. The third-order valence-corrected chi connectivity index (χ3v) is 3.67. The average Bonchev–Trinajstić information content (AvgIpc) is 2.57. The van der Waals surface area contributed by atoms with E-state index in [1.807, 2.05) is 45.0 Å². The fraction of sp³-hybridized carbons (Fsp3) is 0.350. The number of carboxylic acids is 1. The monoisotopic (exact) mass is 356 g/mol. The highest BCUT2D eigenvalue weighted by Crippen LogP contribution is 2.13. The van der Waals surface area contributed by atoms with E-state index in [-0.39, 0.29) is 22.8 Å². The summed E-state index contributed by atoms with van der Waals surface area (Å²) >= 11 is 0. The molecule has 138 valence electrons. The van der Waals surface area contributed by atoms with E-state index in [1.165, 1.54) is 12.1 Å². The molecule has 0 aliphatic rings. The number of carboxylic acid groups (broad SMARTS) is 1. The van der Waals surface area contributed by atoms with Crippen molar-refractivity contribution in [2.75, 3.05) is 0 Å². The van der Waals surface area contributed by atoms with Crippen LogP contribution >= 0.6 is 0 Å². The summed E-state index contributed by atoms with van der Waals surface area (Å²) in [4.78, 5) is 27.3. The van der Waals surface area contributed by atoms with Gasteiger partial charge in [-0.05, 0) is 51.0 Å². The van der Waals surface area contributed by atoms with Crippen LogP contribution in [-0.4, -0.2) is 27.6 Å². The minimum absolute atomic E-state index is 0.0908. The molecule has 0 aliphatic heterocycles. The van der Waals surface area contributed by atoms with Crippen molar-refractivity contribution in [1.82, 2.24) is 10.3 Å². The second kappa shape index (κ2) is 8.10. The van der Waals surface area contributed by atoms with Crippen LogP contribution in [0, 0.1) is 6.92 Å². The number of nitrogens with one attached hydrogen (secondary N) is 1. The molecule has 26 heavy (non-hydrogen) atoms. The van der Waals surface area contributed by atoms with Crippen molar-refractivity contribution in [2.24, 2.45) is 0 Å². The highest BCUT2D eigenvalue weighted by molar-refractivity contribution is 5.94. The molecule has 0 atom stereocenters. The second-order valence-electron chi connectivity index (χ2n) is 7.04. The van der Waals surface area contributed by atoms with Crippen LogP contribution in [0.3, 0.4) is 0 Å². The summed E-state index contributed by atoms with van der Waals surface area (Å²) in [5.41, 5.74) is 2.37. The molecular formula is C20H24N2O4. The van der Waals surface area contributed by atoms with Gasteiger partial charge >= 0.3 is 5.97 Å². The number of aromatic carboxylic acids is 1. The van der Waals surface area contributed by atoms with E-state index < -0.39 is 5.97 Å². The van der Waals surface area contributed by atoms with Gasteiger partial charge in [0.05, 0.1) is 23.5 Å². The molecule has 0 saturated heterocycles. The number of rotatable bonds is 6. The van der Waals surface area contributed by atoms with E-state index in [9.17, 15) is 9.59 Å². The molecule has 0 bridgehead atoms. The molecular weight excluding hydrogens is 332 g/mol. The molecule has 1 heterocycles. The number of carbonyl (C=O) groups is 2. The summed E-state index contributed by atoms with van der Waals surface area (Å²) < 4.78 is 5.76. The largest absolute Gasteiger partial charge is 0.478 e. The molecule has 6 nitrogen and oxygen atoms in total. The summed E-state index contributed by atoms with van der Waals surface area (Å²) in [6.45, 7) is 8.43. The number of hydrogen-bond acceptors (Lipinski definition) is 4. The van der Waals surface area contributed by atoms with Gasteiger partial charge in [-0.15, -0.1) is 0 Å². The maximum Gasteiger partial charge on any atom is 0.337 e. The van der Waals surface area contributed by atoms with Crippen molar-refractivity contribution >= 4 is 11.9 Å². The van der Waals surface area contributed by atoms with Crippen LogP contribution in [0.15, 0.2) is 36.4 Å². The number of amides is 1.